The number of carbonyl (C=O) groups excluding carboxylic acids is 2. The van der Waals surface area contributed by atoms with E-state index in [0.29, 0.717) is 13.0 Å². The molecule has 6 nitrogen and oxygen atoms in total. The summed E-state index contributed by atoms with van der Waals surface area (Å²) in [6.45, 7) is 6.65. The van der Waals surface area contributed by atoms with Gasteiger partial charge in [0.25, 0.3) is 0 Å². The standard InChI is InChI=1S/C25H28N4O2/c1-17-9-10-21(18(2)13-17)28-15-19(14-23(28)30)25-26-20-7-3-4-8-22(20)29(25)16-24(31)27-11-5-6-12-27/h3-4,7-10,13,19H,5-6,11-12,14-16H2,1-2H3. The molecule has 2 fully saturated rings. The molecule has 3 heterocycles. The van der Waals surface area contributed by atoms with Gasteiger partial charge in [-0.25, -0.2) is 4.98 Å². The van der Waals surface area contributed by atoms with E-state index in [2.05, 4.69) is 13.0 Å². The van der Waals surface area contributed by atoms with Crippen LogP contribution in [0.4, 0.5) is 5.69 Å². The number of aryl methyl sites for hydroxylation is 2. The van der Waals surface area contributed by atoms with Crippen molar-refractivity contribution in [2.45, 2.75) is 45.6 Å². The van der Waals surface area contributed by atoms with Crippen molar-refractivity contribution in [3.8, 4) is 0 Å². The van der Waals surface area contributed by atoms with Crippen molar-refractivity contribution in [2.75, 3.05) is 24.5 Å². The molecule has 160 valence electrons. The van der Waals surface area contributed by atoms with Gasteiger partial charge in [-0.2, -0.15) is 0 Å². The molecule has 0 aliphatic carbocycles. The van der Waals surface area contributed by atoms with Crippen LogP contribution >= 0.6 is 0 Å². The van der Waals surface area contributed by atoms with Crippen molar-refractivity contribution >= 4 is 28.5 Å². The molecule has 0 spiro atoms. The second-order valence-electron chi connectivity index (χ2n) is 8.83. The third kappa shape index (κ3) is 3.60. The molecule has 2 aliphatic heterocycles. The number of para-hydroxylation sites is 2. The summed E-state index contributed by atoms with van der Waals surface area (Å²) < 4.78 is 2.04. The number of aromatic nitrogens is 2. The van der Waals surface area contributed by atoms with Crippen molar-refractivity contribution in [1.82, 2.24) is 14.5 Å². The summed E-state index contributed by atoms with van der Waals surface area (Å²) >= 11 is 0. The molecule has 2 saturated heterocycles. The largest absolute Gasteiger partial charge is 0.341 e. The van der Waals surface area contributed by atoms with Crippen LogP contribution in [0.3, 0.4) is 0 Å². The molecule has 0 N–H and O–H groups in total. The molecule has 1 aromatic heterocycles. The number of likely N-dealkylation sites (tertiary alicyclic amines) is 1. The lowest BCUT2D eigenvalue weighted by Gasteiger charge is -2.20. The molecule has 0 radical (unpaired) electrons. The molecule has 0 saturated carbocycles. The lowest BCUT2D eigenvalue weighted by molar-refractivity contribution is -0.130. The quantitative estimate of drug-likeness (QED) is 0.650. The second-order valence-corrected chi connectivity index (χ2v) is 8.83. The third-order valence-corrected chi connectivity index (χ3v) is 6.57. The number of nitrogens with zero attached hydrogens (tertiary/aromatic N) is 4. The van der Waals surface area contributed by atoms with Crippen molar-refractivity contribution in [3.63, 3.8) is 0 Å². The van der Waals surface area contributed by atoms with E-state index >= 15 is 0 Å². The highest BCUT2D eigenvalue weighted by atomic mass is 16.2. The van der Waals surface area contributed by atoms with Gasteiger partial charge in [0.2, 0.25) is 11.8 Å². The Labute approximate surface area is 182 Å². The van der Waals surface area contributed by atoms with Gasteiger partial charge in [0.05, 0.1) is 11.0 Å². The molecule has 3 aromatic rings. The van der Waals surface area contributed by atoms with Crippen LogP contribution in [0.2, 0.25) is 0 Å². The predicted octanol–water partition coefficient (Wildman–Crippen LogP) is 3.80. The molecule has 2 aromatic carbocycles. The Kier molecular flexibility index (Phi) is 5.00. The Balaban J connectivity index is 1.48. The normalized spacial score (nSPS) is 19.0. The molecule has 1 atom stereocenters. The van der Waals surface area contributed by atoms with Crippen LogP contribution in [0.5, 0.6) is 0 Å². The molecule has 0 bridgehead atoms. The Bertz CT molecular complexity index is 1160. The number of fused-ring (bicyclic) bond motifs is 1. The maximum Gasteiger partial charge on any atom is 0.242 e. The van der Waals surface area contributed by atoms with Crippen LogP contribution in [-0.4, -0.2) is 45.9 Å². The zero-order chi connectivity index (χ0) is 21.5. The maximum atomic E-state index is 13.0. The van der Waals surface area contributed by atoms with Gasteiger partial charge in [-0.3, -0.25) is 9.59 Å². The lowest BCUT2D eigenvalue weighted by atomic mass is 10.1. The lowest BCUT2D eigenvalue weighted by Crippen LogP contribution is -2.32. The SMILES string of the molecule is Cc1ccc(N2CC(c3nc4ccccc4n3CC(=O)N3CCCC3)CC2=O)c(C)c1. The van der Waals surface area contributed by atoms with Crippen molar-refractivity contribution < 1.29 is 9.59 Å². The zero-order valence-corrected chi connectivity index (χ0v) is 18.2. The monoisotopic (exact) mass is 416 g/mol. The van der Waals surface area contributed by atoms with Gasteiger partial charge in [0, 0.05) is 37.7 Å². The summed E-state index contributed by atoms with van der Waals surface area (Å²) in [5.41, 5.74) is 5.10. The zero-order valence-electron chi connectivity index (χ0n) is 18.2. The van der Waals surface area contributed by atoms with E-state index in [1.165, 1.54) is 5.56 Å². The van der Waals surface area contributed by atoms with E-state index in [0.717, 1.165) is 54.0 Å². The first-order valence-corrected chi connectivity index (χ1v) is 11.1. The molecule has 2 amide bonds. The van der Waals surface area contributed by atoms with Gasteiger partial charge in [-0.1, -0.05) is 29.8 Å². The van der Waals surface area contributed by atoms with Crippen molar-refractivity contribution in [2.24, 2.45) is 0 Å². The van der Waals surface area contributed by atoms with Crippen LogP contribution in [0, 0.1) is 13.8 Å². The number of amides is 2. The number of carbonyl (C=O) groups is 2. The first-order valence-electron chi connectivity index (χ1n) is 11.1. The average molecular weight is 417 g/mol. The number of hydrogen-bond acceptors (Lipinski definition) is 3. The minimum absolute atomic E-state index is 0.0352. The number of rotatable bonds is 4. The summed E-state index contributed by atoms with van der Waals surface area (Å²) in [6, 6.07) is 14.1. The van der Waals surface area contributed by atoms with Gasteiger partial charge in [0.1, 0.15) is 12.4 Å². The van der Waals surface area contributed by atoms with Crippen LogP contribution < -0.4 is 4.90 Å². The Morgan fingerprint density at radius 1 is 1.10 bits per heavy atom. The van der Waals surface area contributed by atoms with Crippen molar-refractivity contribution in [1.29, 1.82) is 0 Å². The molecular formula is C25H28N4O2. The fourth-order valence-corrected chi connectivity index (χ4v) is 5.00. The Hall–Kier alpha value is -3.15. The number of hydrogen-bond donors (Lipinski definition) is 0. The fraction of sp³-hybridized carbons (Fsp3) is 0.400. The van der Waals surface area contributed by atoms with E-state index in [-0.39, 0.29) is 24.3 Å². The Morgan fingerprint density at radius 2 is 1.87 bits per heavy atom. The minimum atomic E-state index is -0.0352. The summed E-state index contributed by atoms with van der Waals surface area (Å²) in [5.74, 6) is 1.06. The molecule has 2 aliphatic rings. The second kappa shape index (κ2) is 7.84. The van der Waals surface area contributed by atoms with Crippen molar-refractivity contribution in [3.05, 3.63) is 59.4 Å². The highest BCUT2D eigenvalue weighted by Crippen LogP contribution is 2.34. The summed E-state index contributed by atoms with van der Waals surface area (Å²) in [5, 5.41) is 0. The number of benzene rings is 2. The smallest absolute Gasteiger partial charge is 0.242 e. The number of imidazole rings is 1. The highest BCUT2D eigenvalue weighted by Gasteiger charge is 2.36. The predicted molar refractivity (Wildman–Crippen MR) is 121 cm³/mol. The highest BCUT2D eigenvalue weighted by molar-refractivity contribution is 5.97. The molecule has 1 unspecified atom stereocenters. The van der Waals surface area contributed by atoms with Crippen LogP contribution in [0.15, 0.2) is 42.5 Å². The molecule has 31 heavy (non-hydrogen) atoms. The van der Waals surface area contributed by atoms with E-state index < -0.39 is 0 Å². The molecule has 5 rings (SSSR count). The van der Waals surface area contributed by atoms with Crippen LogP contribution in [0.1, 0.15) is 42.1 Å². The van der Waals surface area contributed by atoms with E-state index in [4.69, 9.17) is 4.98 Å². The maximum absolute atomic E-state index is 13.0. The first kappa shape index (κ1) is 19.8. The van der Waals surface area contributed by atoms with E-state index in [9.17, 15) is 9.59 Å². The van der Waals surface area contributed by atoms with Gasteiger partial charge < -0.3 is 14.4 Å². The summed E-state index contributed by atoms with van der Waals surface area (Å²) in [4.78, 5) is 34.6. The fourth-order valence-electron chi connectivity index (χ4n) is 5.00. The Morgan fingerprint density at radius 3 is 2.65 bits per heavy atom. The summed E-state index contributed by atoms with van der Waals surface area (Å²) in [6.07, 6.45) is 2.56. The van der Waals surface area contributed by atoms with E-state index in [1.807, 2.05) is 57.7 Å². The van der Waals surface area contributed by atoms with Gasteiger partial charge >= 0.3 is 0 Å². The summed E-state index contributed by atoms with van der Waals surface area (Å²) in [7, 11) is 0. The van der Waals surface area contributed by atoms with Gasteiger partial charge in [0.15, 0.2) is 0 Å². The number of anilines is 1. The average Bonchev–Trinajstić information content (AvgIpc) is 3.48. The van der Waals surface area contributed by atoms with Gasteiger partial charge in [-0.05, 0) is 50.5 Å². The minimum Gasteiger partial charge on any atom is -0.341 e. The van der Waals surface area contributed by atoms with E-state index in [1.54, 1.807) is 0 Å². The first-order chi connectivity index (χ1) is 15.0. The molecular weight excluding hydrogens is 388 g/mol. The molecule has 6 heteroatoms. The van der Waals surface area contributed by atoms with Crippen LogP contribution in [-0.2, 0) is 16.1 Å². The third-order valence-electron chi connectivity index (χ3n) is 6.57. The topological polar surface area (TPSA) is 58.4 Å². The van der Waals surface area contributed by atoms with Crippen LogP contribution in [0.25, 0.3) is 11.0 Å². The van der Waals surface area contributed by atoms with Gasteiger partial charge in [-0.15, -0.1) is 0 Å².